The van der Waals surface area contributed by atoms with E-state index in [0.29, 0.717) is 6.42 Å². The van der Waals surface area contributed by atoms with Gasteiger partial charge in [-0.15, -0.1) is 0 Å². The molecule has 0 aliphatic carbocycles. The molecule has 1 aromatic carbocycles. The van der Waals surface area contributed by atoms with E-state index in [9.17, 15) is 9.18 Å². The van der Waals surface area contributed by atoms with Gasteiger partial charge in [-0.25, -0.2) is 9.18 Å². The van der Waals surface area contributed by atoms with Crippen LogP contribution in [-0.2, 0) is 11.4 Å². The van der Waals surface area contributed by atoms with E-state index in [-0.39, 0.29) is 17.5 Å². The molecule has 0 aromatic heterocycles. The largest absolute Gasteiger partial charge is 0.433 e. The van der Waals surface area contributed by atoms with Crippen LogP contribution in [0.3, 0.4) is 0 Å². The minimum atomic E-state index is -0.700. The van der Waals surface area contributed by atoms with Crippen LogP contribution in [0.4, 0.5) is 9.18 Å². The molecule has 0 saturated carbocycles. The molecule has 0 radical (unpaired) electrons. The van der Waals surface area contributed by atoms with Crippen molar-refractivity contribution in [3.05, 3.63) is 35.6 Å². The Morgan fingerprint density at radius 3 is 2.72 bits per heavy atom. The summed E-state index contributed by atoms with van der Waals surface area (Å²) in [5.41, 5.74) is 0.761. The first-order chi connectivity index (χ1) is 8.61. The van der Waals surface area contributed by atoms with Crippen molar-refractivity contribution in [1.29, 1.82) is 0 Å². The summed E-state index contributed by atoms with van der Waals surface area (Å²) in [5.74, 6) is -0.322. The number of carbonyl (C=O) groups excluding carboxylic acids is 1. The van der Waals surface area contributed by atoms with Gasteiger partial charge < -0.3 is 5.32 Å². The van der Waals surface area contributed by atoms with Gasteiger partial charge in [-0.05, 0) is 24.1 Å². The summed E-state index contributed by atoms with van der Waals surface area (Å²) < 4.78 is 12.6. The van der Waals surface area contributed by atoms with Gasteiger partial charge in [0.25, 0.3) is 0 Å². The molecule has 0 saturated heterocycles. The fraction of sp³-hybridized carbons (Fsp3) is 0.333. The van der Waals surface area contributed by atoms with E-state index in [1.54, 1.807) is 12.1 Å². The second-order valence-corrected chi connectivity index (χ2v) is 4.01. The Hall–Kier alpha value is -1.62. The van der Waals surface area contributed by atoms with Gasteiger partial charge in [0.2, 0.25) is 0 Å². The number of halogens is 2. The molecule has 98 valence electrons. The van der Waals surface area contributed by atoms with Gasteiger partial charge in [0.1, 0.15) is 11.0 Å². The monoisotopic (exact) mass is 272 g/mol. The molecular weight excluding hydrogens is 259 g/mol. The third-order valence-electron chi connectivity index (χ3n) is 2.03. The zero-order valence-corrected chi connectivity index (χ0v) is 10.7. The summed E-state index contributed by atoms with van der Waals surface area (Å²) >= 11 is 5.66. The van der Waals surface area contributed by atoms with Gasteiger partial charge >= 0.3 is 6.09 Å². The molecule has 4 nitrogen and oxygen atoms in total. The van der Waals surface area contributed by atoms with Crippen molar-refractivity contribution in [2.75, 3.05) is 0 Å². The van der Waals surface area contributed by atoms with Gasteiger partial charge in [-0.3, -0.25) is 4.84 Å². The second kappa shape index (κ2) is 7.66. The van der Waals surface area contributed by atoms with Crippen molar-refractivity contribution in [3.63, 3.8) is 0 Å². The maximum atomic E-state index is 12.6. The highest BCUT2D eigenvalue weighted by molar-refractivity contribution is 6.65. The maximum absolute atomic E-state index is 12.6. The maximum Gasteiger partial charge on any atom is 0.433 e. The van der Waals surface area contributed by atoms with Crippen molar-refractivity contribution in [2.45, 2.75) is 26.3 Å². The number of hydrogen-bond donors (Lipinski definition) is 1. The number of amides is 1. The van der Waals surface area contributed by atoms with E-state index in [2.05, 4.69) is 15.3 Å². The Bertz CT molecular complexity index is 421. The molecule has 0 unspecified atom stereocenters. The SMILES string of the molecule is CCC/C(Cl)=N\OC(=O)NCc1ccc(F)cc1. The Balaban J connectivity index is 2.33. The van der Waals surface area contributed by atoms with Crippen LogP contribution >= 0.6 is 11.6 Å². The van der Waals surface area contributed by atoms with Crippen LogP contribution < -0.4 is 5.32 Å². The fourth-order valence-electron chi connectivity index (χ4n) is 1.15. The minimum absolute atomic E-state index is 0.236. The number of hydrogen-bond acceptors (Lipinski definition) is 3. The van der Waals surface area contributed by atoms with Crippen molar-refractivity contribution in [1.82, 2.24) is 5.32 Å². The van der Waals surface area contributed by atoms with Gasteiger partial charge in [0.15, 0.2) is 0 Å². The molecule has 0 aliphatic rings. The Labute approximate surface area is 110 Å². The highest BCUT2D eigenvalue weighted by atomic mass is 35.5. The van der Waals surface area contributed by atoms with E-state index < -0.39 is 6.09 Å². The van der Waals surface area contributed by atoms with Crippen molar-refractivity contribution < 1.29 is 14.0 Å². The molecule has 0 spiro atoms. The molecule has 18 heavy (non-hydrogen) atoms. The summed E-state index contributed by atoms with van der Waals surface area (Å²) in [5, 5.41) is 6.16. The first-order valence-corrected chi connectivity index (χ1v) is 5.91. The average Bonchev–Trinajstić information content (AvgIpc) is 2.36. The number of benzene rings is 1. The molecule has 1 rings (SSSR count). The average molecular weight is 273 g/mol. The highest BCUT2D eigenvalue weighted by Gasteiger charge is 2.02. The molecule has 0 aliphatic heterocycles. The lowest BCUT2D eigenvalue weighted by molar-refractivity contribution is 0.150. The van der Waals surface area contributed by atoms with Crippen molar-refractivity contribution in [2.24, 2.45) is 5.16 Å². The molecule has 6 heteroatoms. The third kappa shape index (κ3) is 5.63. The van der Waals surface area contributed by atoms with E-state index in [0.717, 1.165) is 12.0 Å². The van der Waals surface area contributed by atoms with Gasteiger partial charge in [-0.2, -0.15) is 0 Å². The lowest BCUT2D eigenvalue weighted by Crippen LogP contribution is -2.22. The van der Waals surface area contributed by atoms with Crippen LogP contribution in [0.2, 0.25) is 0 Å². The highest BCUT2D eigenvalue weighted by Crippen LogP contribution is 2.02. The van der Waals surface area contributed by atoms with Crippen LogP contribution in [0.1, 0.15) is 25.3 Å². The van der Waals surface area contributed by atoms with Crippen LogP contribution in [-0.4, -0.2) is 11.3 Å². The Morgan fingerprint density at radius 1 is 1.44 bits per heavy atom. The predicted molar refractivity (Wildman–Crippen MR) is 67.9 cm³/mol. The summed E-state index contributed by atoms with van der Waals surface area (Å²) in [4.78, 5) is 15.8. The predicted octanol–water partition coefficient (Wildman–Crippen LogP) is 3.40. The standard InChI is InChI=1S/C12H14ClFN2O2/c1-2-3-11(13)16-18-12(17)15-8-9-4-6-10(14)7-5-9/h4-7H,2-3,8H2,1H3,(H,15,17)/b16-11+. The molecule has 0 bridgehead atoms. The van der Waals surface area contributed by atoms with Crippen LogP contribution in [0, 0.1) is 5.82 Å². The van der Waals surface area contributed by atoms with Crippen molar-refractivity contribution in [3.8, 4) is 0 Å². The smallest absolute Gasteiger partial charge is 0.316 e. The van der Waals surface area contributed by atoms with Gasteiger partial charge in [0.05, 0.1) is 0 Å². The fourth-order valence-corrected chi connectivity index (χ4v) is 1.38. The Kier molecular flexibility index (Phi) is 6.14. The first kappa shape index (κ1) is 14.4. The third-order valence-corrected chi connectivity index (χ3v) is 2.29. The van der Waals surface area contributed by atoms with Gasteiger partial charge in [0, 0.05) is 13.0 Å². The topological polar surface area (TPSA) is 50.7 Å². The summed E-state index contributed by atoms with van der Waals surface area (Å²) in [6.07, 6.45) is 0.684. The molecule has 1 N–H and O–H groups in total. The summed E-state index contributed by atoms with van der Waals surface area (Å²) in [6.45, 7) is 2.17. The minimum Gasteiger partial charge on any atom is -0.316 e. The summed E-state index contributed by atoms with van der Waals surface area (Å²) in [7, 11) is 0. The molecular formula is C12H14ClFN2O2. The van der Waals surface area contributed by atoms with Crippen LogP contribution in [0.25, 0.3) is 0 Å². The molecule has 0 heterocycles. The van der Waals surface area contributed by atoms with Gasteiger partial charge in [-0.1, -0.05) is 35.8 Å². The van der Waals surface area contributed by atoms with E-state index >= 15 is 0 Å². The van der Waals surface area contributed by atoms with E-state index in [1.807, 2.05) is 6.92 Å². The summed E-state index contributed by atoms with van der Waals surface area (Å²) in [6, 6.07) is 5.78. The number of nitrogens with zero attached hydrogens (tertiary/aromatic N) is 1. The molecule has 1 amide bonds. The van der Waals surface area contributed by atoms with Crippen LogP contribution in [0.5, 0.6) is 0 Å². The Morgan fingerprint density at radius 2 is 2.11 bits per heavy atom. The first-order valence-electron chi connectivity index (χ1n) is 5.53. The van der Waals surface area contributed by atoms with Crippen LogP contribution in [0.15, 0.2) is 29.4 Å². The lowest BCUT2D eigenvalue weighted by atomic mass is 10.2. The second-order valence-electron chi connectivity index (χ2n) is 3.58. The van der Waals surface area contributed by atoms with E-state index in [1.165, 1.54) is 12.1 Å². The normalized spacial score (nSPS) is 11.2. The van der Waals surface area contributed by atoms with Crippen molar-refractivity contribution >= 4 is 22.9 Å². The number of oxime groups is 1. The molecule has 0 atom stereocenters. The number of carbonyl (C=O) groups is 1. The molecule has 0 fully saturated rings. The molecule has 1 aromatic rings. The zero-order valence-electron chi connectivity index (χ0n) is 9.95. The lowest BCUT2D eigenvalue weighted by Gasteiger charge is -2.03. The van der Waals surface area contributed by atoms with E-state index in [4.69, 9.17) is 11.6 Å². The number of nitrogens with one attached hydrogen (secondary N) is 1. The quantitative estimate of drug-likeness (QED) is 0.507. The number of rotatable bonds is 5. The zero-order chi connectivity index (χ0) is 13.4.